The van der Waals surface area contributed by atoms with E-state index in [1.165, 1.54) is 12.1 Å². The molecule has 0 aliphatic heterocycles. The van der Waals surface area contributed by atoms with Gasteiger partial charge in [0.1, 0.15) is 24.0 Å². The summed E-state index contributed by atoms with van der Waals surface area (Å²) in [5.74, 6) is -1.03. The first-order valence-corrected chi connectivity index (χ1v) is 6.35. The summed E-state index contributed by atoms with van der Waals surface area (Å²) in [6.07, 6.45) is -0.836. The summed E-state index contributed by atoms with van der Waals surface area (Å²) >= 11 is 5.83. The molecule has 0 amide bonds. The number of carboxylic acids is 1. The molecule has 2 aromatic rings. The molecule has 0 spiro atoms. The summed E-state index contributed by atoms with van der Waals surface area (Å²) in [7, 11) is 0. The van der Waals surface area contributed by atoms with Crippen LogP contribution in [0, 0.1) is 0 Å². The molecule has 104 valence electrons. The van der Waals surface area contributed by atoms with Gasteiger partial charge in [-0.2, -0.15) is 0 Å². The van der Waals surface area contributed by atoms with Crippen molar-refractivity contribution in [1.82, 2.24) is 0 Å². The second-order valence-electron chi connectivity index (χ2n) is 4.16. The average molecular weight is 293 g/mol. The van der Waals surface area contributed by atoms with Gasteiger partial charge < -0.3 is 14.9 Å². The highest BCUT2D eigenvalue weighted by atomic mass is 35.5. The molecule has 0 saturated carbocycles. The molecule has 5 heteroatoms. The summed E-state index contributed by atoms with van der Waals surface area (Å²) in [4.78, 5) is 11.1. The zero-order valence-corrected chi connectivity index (χ0v) is 11.2. The SMILES string of the molecule is O=C(O)c1c(Cl)cccc1OCC(O)c1ccccc1. The number of hydrogen-bond donors (Lipinski definition) is 2. The third-order valence-electron chi connectivity index (χ3n) is 2.77. The third-order valence-corrected chi connectivity index (χ3v) is 3.09. The fourth-order valence-electron chi connectivity index (χ4n) is 1.77. The Morgan fingerprint density at radius 1 is 1.15 bits per heavy atom. The Hall–Kier alpha value is -2.04. The predicted octanol–water partition coefficient (Wildman–Crippen LogP) is 3.15. The van der Waals surface area contributed by atoms with Crippen LogP contribution in [0.4, 0.5) is 0 Å². The molecular formula is C15H13ClO4. The number of aromatic carboxylic acids is 1. The fraction of sp³-hybridized carbons (Fsp3) is 0.133. The summed E-state index contributed by atoms with van der Waals surface area (Å²) in [6, 6.07) is 13.6. The third kappa shape index (κ3) is 3.29. The lowest BCUT2D eigenvalue weighted by molar-refractivity contribution is 0.0683. The molecule has 0 heterocycles. The van der Waals surface area contributed by atoms with Crippen LogP contribution in [0.25, 0.3) is 0 Å². The first-order valence-electron chi connectivity index (χ1n) is 5.97. The van der Waals surface area contributed by atoms with E-state index < -0.39 is 12.1 Å². The molecule has 0 bridgehead atoms. The van der Waals surface area contributed by atoms with Crippen LogP contribution in [0.15, 0.2) is 48.5 Å². The van der Waals surface area contributed by atoms with Crippen molar-refractivity contribution in [1.29, 1.82) is 0 Å². The Morgan fingerprint density at radius 3 is 2.50 bits per heavy atom. The molecule has 4 nitrogen and oxygen atoms in total. The number of aliphatic hydroxyl groups excluding tert-OH is 1. The number of ether oxygens (including phenoxy) is 1. The van der Waals surface area contributed by atoms with Crippen LogP contribution in [0.5, 0.6) is 5.75 Å². The number of hydrogen-bond acceptors (Lipinski definition) is 3. The number of carbonyl (C=O) groups is 1. The summed E-state index contributed by atoms with van der Waals surface area (Å²) < 4.78 is 5.38. The Kier molecular flexibility index (Phi) is 4.61. The van der Waals surface area contributed by atoms with Crippen LogP contribution < -0.4 is 4.74 Å². The molecule has 1 unspecified atom stereocenters. The van der Waals surface area contributed by atoms with Crippen molar-refractivity contribution in [3.05, 3.63) is 64.7 Å². The number of aliphatic hydroxyl groups is 1. The van der Waals surface area contributed by atoms with Gasteiger partial charge in [-0.1, -0.05) is 48.0 Å². The Morgan fingerprint density at radius 2 is 1.85 bits per heavy atom. The van der Waals surface area contributed by atoms with Gasteiger partial charge in [-0.05, 0) is 17.7 Å². The highest BCUT2D eigenvalue weighted by molar-refractivity contribution is 6.33. The smallest absolute Gasteiger partial charge is 0.341 e. The van der Waals surface area contributed by atoms with Gasteiger partial charge in [-0.3, -0.25) is 0 Å². The maximum atomic E-state index is 11.1. The van der Waals surface area contributed by atoms with Crippen LogP contribution in [-0.4, -0.2) is 22.8 Å². The molecule has 0 saturated heterocycles. The van der Waals surface area contributed by atoms with Crippen molar-refractivity contribution in [2.45, 2.75) is 6.10 Å². The lowest BCUT2D eigenvalue weighted by Crippen LogP contribution is -2.12. The van der Waals surface area contributed by atoms with E-state index in [-0.39, 0.29) is 22.9 Å². The lowest BCUT2D eigenvalue weighted by atomic mass is 10.1. The van der Waals surface area contributed by atoms with Gasteiger partial charge in [0, 0.05) is 0 Å². The zero-order chi connectivity index (χ0) is 14.5. The largest absolute Gasteiger partial charge is 0.490 e. The van der Waals surface area contributed by atoms with Crippen LogP contribution in [-0.2, 0) is 0 Å². The second-order valence-corrected chi connectivity index (χ2v) is 4.56. The van der Waals surface area contributed by atoms with Gasteiger partial charge in [-0.25, -0.2) is 4.79 Å². The molecule has 0 aromatic heterocycles. The molecule has 1 atom stereocenters. The summed E-state index contributed by atoms with van der Waals surface area (Å²) in [6.45, 7) is -0.0510. The molecule has 0 aliphatic rings. The highest BCUT2D eigenvalue weighted by Crippen LogP contribution is 2.27. The number of rotatable bonds is 5. The Bertz CT molecular complexity index is 598. The van der Waals surface area contributed by atoms with E-state index in [2.05, 4.69) is 0 Å². The minimum absolute atomic E-state index is 0.0510. The molecule has 2 aromatic carbocycles. The van der Waals surface area contributed by atoms with Crippen LogP contribution in [0.1, 0.15) is 22.0 Å². The van der Waals surface area contributed by atoms with Crippen LogP contribution in [0.3, 0.4) is 0 Å². The van der Waals surface area contributed by atoms with Crippen LogP contribution in [0.2, 0.25) is 5.02 Å². The van der Waals surface area contributed by atoms with Gasteiger partial charge in [-0.15, -0.1) is 0 Å². The molecule has 0 radical (unpaired) electrons. The van der Waals surface area contributed by atoms with E-state index in [1.54, 1.807) is 30.3 Å². The van der Waals surface area contributed by atoms with Crippen LogP contribution >= 0.6 is 11.6 Å². The number of benzene rings is 2. The minimum Gasteiger partial charge on any atom is -0.490 e. The van der Waals surface area contributed by atoms with E-state index in [4.69, 9.17) is 21.4 Å². The van der Waals surface area contributed by atoms with Gasteiger partial charge in [0.25, 0.3) is 0 Å². The Labute approximate surface area is 121 Å². The van der Waals surface area contributed by atoms with Crippen molar-refractivity contribution >= 4 is 17.6 Å². The maximum Gasteiger partial charge on any atom is 0.341 e. The van der Waals surface area contributed by atoms with Crippen molar-refractivity contribution in [2.24, 2.45) is 0 Å². The van der Waals surface area contributed by atoms with E-state index in [9.17, 15) is 9.90 Å². The van der Waals surface area contributed by atoms with E-state index in [0.29, 0.717) is 5.56 Å². The first-order chi connectivity index (χ1) is 9.59. The number of carboxylic acid groups (broad SMARTS) is 1. The van der Waals surface area contributed by atoms with Crippen molar-refractivity contribution in [3.8, 4) is 5.75 Å². The fourth-order valence-corrected chi connectivity index (χ4v) is 2.02. The minimum atomic E-state index is -1.17. The molecular weight excluding hydrogens is 280 g/mol. The normalized spacial score (nSPS) is 11.9. The van der Waals surface area contributed by atoms with Gasteiger partial charge in [0.2, 0.25) is 0 Å². The zero-order valence-electron chi connectivity index (χ0n) is 10.5. The van der Waals surface area contributed by atoms with Crippen molar-refractivity contribution in [3.63, 3.8) is 0 Å². The standard InChI is InChI=1S/C15H13ClO4/c16-11-7-4-8-13(14(11)15(18)19)20-9-12(17)10-5-2-1-3-6-10/h1-8,12,17H,9H2,(H,18,19). The van der Waals surface area contributed by atoms with Gasteiger partial charge in [0.05, 0.1) is 5.02 Å². The molecule has 2 rings (SSSR count). The maximum absolute atomic E-state index is 11.1. The number of halogens is 1. The highest BCUT2D eigenvalue weighted by Gasteiger charge is 2.17. The summed E-state index contributed by atoms with van der Waals surface area (Å²) in [5.41, 5.74) is 0.598. The van der Waals surface area contributed by atoms with Gasteiger partial charge >= 0.3 is 5.97 Å². The average Bonchev–Trinajstić information content (AvgIpc) is 2.45. The van der Waals surface area contributed by atoms with Crippen molar-refractivity contribution < 1.29 is 19.7 Å². The topological polar surface area (TPSA) is 66.8 Å². The van der Waals surface area contributed by atoms with E-state index >= 15 is 0 Å². The van der Waals surface area contributed by atoms with E-state index in [1.807, 2.05) is 6.07 Å². The predicted molar refractivity (Wildman–Crippen MR) is 75.3 cm³/mol. The lowest BCUT2D eigenvalue weighted by Gasteiger charge is -2.14. The quantitative estimate of drug-likeness (QED) is 0.888. The Balaban J connectivity index is 2.12. The first kappa shape index (κ1) is 14.4. The molecule has 0 aliphatic carbocycles. The molecule has 2 N–H and O–H groups in total. The van der Waals surface area contributed by atoms with E-state index in [0.717, 1.165) is 0 Å². The monoisotopic (exact) mass is 292 g/mol. The summed E-state index contributed by atoms with van der Waals surface area (Å²) in [5, 5.41) is 19.2. The van der Waals surface area contributed by atoms with Crippen molar-refractivity contribution in [2.75, 3.05) is 6.61 Å². The molecule has 20 heavy (non-hydrogen) atoms. The van der Waals surface area contributed by atoms with Gasteiger partial charge in [0.15, 0.2) is 0 Å². The molecule has 0 fully saturated rings. The second kappa shape index (κ2) is 6.41.